The van der Waals surface area contributed by atoms with E-state index >= 15 is 0 Å². The third-order valence-electron chi connectivity index (χ3n) is 2.78. The van der Waals surface area contributed by atoms with Crippen molar-refractivity contribution in [1.82, 2.24) is 4.90 Å². The lowest BCUT2D eigenvalue weighted by molar-refractivity contribution is 0.206. The van der Waals surface area contributed by atoms with Crippen LogP contribution in [0.3, 0.4) is 0 Å². The van der Waals surface area contributed by atoms with Crippen molar-refractivity contribution in [3.05, 3.63) is 34.6 Å². The molecule has 4 nitrogen and oxygen atoms in total. The molecule has 96 valence electrons. The van der Waals surface area contributed by atoms with E-state index in [0.29, 0.717) is 11.6 Å². The molecular weight excluding hydrogens is 257 g/mol. The zero-order chi connectivity index (χ0) is 13.3. The first kappa shape index (κ1) is 12.8. The molecule has 2 amide bonds. The summed E-state index contributed by atoms with van der Waals surface area (Å²) in [6, 6.07) is 3.10. The number of carbonyl (C=O) groups excluding carboxylic acids is 1. The summed E-state index contributed by atoms with van der Waals surface area (Å²) < 4.78 is 13.8. The van der Waals surface area contributed by atoms with Gasteiger partial charge in [0.1, 0.15) is 17.7 Å². The first-order chi connectivity index (χ1) is 8.54. The Morgan fingerprint density at radius 3 is 2.94 bits per heavy atom. The number of hydrogen-bond acceptors (Lipinski definition) is 2. The molecule has 0 saturated carbocycles. The molecular formula is C12H13ClFN3O. The number of carbonyl (C=O) groups is 1. The molecule has 1 aliphatic heterocycles. The zero-order valence-corrected chi connectivity index (χ0v) is 10.6. The first-order valence-electron chi connectivity index (χ1n) is 5.64. The van der Waals surface area contributed by atoms with Crippen LogP contribution in [-0.2, 0) is 0 Å². The maximum absolute atomic E-state index is 13.8. The molecule has 0 radical (unpaired) electrons. The minimum atomic E-state index is -0.656. The van der Waals surface area contributed by atoms with Gasteiger partial charge in [-0.3, -0.25) is 0 Å². The van der Waals surface area contributed by atoms with E-state index in [2.05, 4.69) is 4.99 Å². The van der Waals surface area contributed by atoms with Crippen LogP contribution >= 0.6 is 11.6 Å². The Bertz CT molecular complexity index is 518. The van der Waals surface area contributed by atoms with Crippen molar-refractivity contribution < 1.29 is 9.18 Å². The fourth-order valence-corrected chi connectivity index (χ4v) is 2.20. The van der Waals surface area contributed by atoms with Gasteiger partial charge < -0.3 is 10.6 Å². The normalized spacial score (nSPS) is 19.3. The number of amidine groups is 1. The van der Waals surface area contributed by atoms with E-state index in [9.17, 15) is 9.18 Å². The molecule has 0 fully saturated rings. The van der Waals surface area contributed by atoms with Crippen molar-refractivity contribution in [3.8, 4) is 0 Å². The molecule has 0 aliphatic carbocycles. The quantitative estimate of drug-likeness (QED) is 0.917. The Morgan fingerprint density at radius 2 is 2.28 bits per heavy atom. The van der Waals surface area contributed by atoms with Crippen LogP contribution < -0.4 is 5.73 Å². The molecule has 2 N–H and O–H groups in total. The molecule has 1 aromatic carbocycles. The maximum atomic E-state index is 13.8. The highest BCUT2D eigenvalue weighted by Crippen LogP contribution is 2.30. The van der Waals surface area contributed by atoms with E-state index in [4.69, 9.17) is 17.3 Å². The Morgan fingerprint density at radius 1 is 1.56 bits per heavy atom. The van der Waals surface area contributed by atoms with E-state index in [1.807, 2.05) is 6.92 Å². The minimum Gasteiger partial charge on any atom is -0.385 e. The van der Waals surface area contributed by atoms with Gasteiger partial charge in [0, 0.05) is 17.1 Å². The second kappa shape index (κ2) is 4.94. The van der Waals surface area contributed by atoms with Gasteiger partial charge in [-0.1, -0.05) is 18.5 Å². The van der Waals surface area contributed by atoms with Crippen LogP contribution in [-0.4, -0.2) is 23.3 Å². The molecule has 18 heavy (non-hydrogen) atoms. The maximum Gasteiger partial charge on any atom is 0.346 e. The summed E-state index contributed by atoms with van der Waals surface area (Å²) in [5, 5.41) is 0.398. The lowest BCUT2D eigenvalue weighted by Crippen LogP contribution is -2.34. The van der Waals surface area contributed by atoms with E-state index in [1.165, 1.54) is 23.1 Å². The lowest BCUT2D eigenvalue weighted by Gasteiger charge is -2.24. The van der Waals surface area contributed by atoms with Gasteiger partial charge in [0.2, 0.25) is 0 Å². The van der Waals surface area contributed by atoms with Gasteiger partial charge in [-0.2, -0.15) is 4.99 Å². The van der Waals surface area contributed by atoms with Gasteiger partial charge in [-0.15, -0.1) is 0 Å². The predicted molar refractivity (Wildman–Crippen MR) is 68.2 cm³/mol. The summed E-state index contributed by atoms with van der Waals surface area (Å²) in [5.74, 6) is -0.340. The van der Waals surface area contributed by atoms with Crippen molar-refractivity contribution in [2.45, 2.75) is 19.4 Å². The highest BCUT2D eigenvalue weighted by molar-refractivity contribution is 6.30. The van der Waals surface area contributed by atoms with Crippen LogP contribution in [0.15, 0.2) is 23.2 Å². The molecule has 1 heterocycles. The molecule has 1 atom stereocenters. The second-order valence-corrected chi connectivity index (χ2v) is 4.52. The van der Waals surface area contributed by atoms with Gasteiger partial charge >= 0.3 is 6.03 Å². The van der Waals surface area contributed by atoms with E-state index in [0.717, 1.165) is 6.42 Å². The average Bonchev–Trinajstić information content (AvgIpc) is 2.58. The SMILES string of the molecule is CCCN1C(=O)N=C(N)C1c1cc(Cl)ccc1F. The van der Waals surface area contributed by atoms with Crippen molar-refractivity contribution in [1.29, 1.82) is 0 Å². The number of benzene rings is 1. The fraction of sp³-hybridized carbons (Fsp3) is 0.333. The molecule has 1 unspecified atom stereocenters. The average molecular weight is 270 g/mol. The highest BCUT2D eigenvalue weighted by Gasteiger charge is 2.35. The van der Waals surface area contributed by atoms with Gasteiger partial charge in [-0.25, -0.2) is 9.18 Å². The summed E-state index contributed by atoms with van der Waals surface area (Å²) in [4.78, 5) is 16.8. The van der Waals surface area contributed by atoms with E-state index in [1.54, 1.807) is 0 Å². The Kier molecular flexibility index (Phi) is 3.52. The molecule has 1 aliphatic rings. The number of rotatable bonds is 3. The number of amides is 2. The number of hydrogen-bond donors (Lipinski definition) is 1. The first-order valence-corrected chi connectivity index (χ1v) is 6.02. The van der Waals surface area contributed by atoms with Crippen LogP contribution in [0.4, 0.5) is 9.18 Å². The van der Waals surface area contributed by atoms with Crippen LogP contribution in [0, 0.1) is 5.82 Å². The zero-order valence-electron chi connectivity index (χ0n) is 9.86. The Hall–Kier alpha value is -1.62. The largest absolute Gasteiger partial charge is 0.385 e. The smallest absolute Gasteiger partial charge is 0.346 e. The topological polar surface area (TPSA) is 58.7 Å². The van der Waals surface area contributed by atoms with Gasteiger partial charge in [0.05, 0.1) is 0 Å². The standard InChI is InChI=1S/C12H13ClFN3O/c1-2-5-17-10(11(15)16-12(17)18)8-6-7(13)3-4-9(8)14/h3-4,6,10H,2,5H2,1H3,(H2,15,16,18). The second-order valence-electron chi connectivity index (χ2n) is 4.08. The molecule has 2 rings (SSSR count). The van der Waals surface area contributed by atoms with Crippen molar-refractivity contribution in [2.24, 2.45) is 10.7 Å². The third-order valence-corrected chi connectivity index (χ3v) is 3.01. The van der Waals surface area contributed by atoms with Gasteiger partial charge in [0.15, 0.2) is 0 Å². The summed E-state index contributed by atoms with van der Waals surface area (Å²) in [5.41, 5.74) is 6.00. The molecule has 0 aromatic heterocycles. The van der Waals surface area contributed by atoms with Crippen molar-refractivity contribution >= 4 is 23.5 Å². The number of urea groups is 1. The predicted octanol–water partition coefficient (Wildman–Crippen LogP) is 2.72. The van der Waals surface area contributed by atoms with Gasteiger partial charge in [0.25, 0.3) is 0 Å². The number of aliphatic imine (C=N–C) groups is 1. The lowest BCUT2D eigenvalue weighted by atomic mass is 10.0. The fourth-order valence-electron chi connectivity index (χ4n) is 2.02. The van der Waals surface area contributed by atoms with E-state index in [-0.39, 0.29) is 11.4 Å². The summed E-state index contributed by atoms with van der Waals surface area (Å²) in [7, 11) is 0. The van der Waals surface area contributed by atoms with Crippen LogP contribution in [0.5, 0.6) is 0 Å². The number of nitrogens with zero attached hydrogens (tertiary/aromatic N) is 2. The third kappa shape index (κ3) is 2.18. The number of nitrogens with two attached hydrogens (primary N) is 1. The molecule has 1 aromatic rings. The van der Waals surface area contributed by atoms with Crippen LogP contribution in [0.25, 0.3) is 0 Å². The number of halogens is 2. The Balaban J connectivity index is 2.44. The minimum absolute atomic E-state index is 0.106. The Labute approximate surface area is 109 Å². The van der Waals surface area contributed by atoms with Crippen molar-refractivity contribution in [2.75, 3.05) is 6.54 Å². The monoisotopic (exact) mass is 269 g/mol. The molecule has 0 bridgehead atoms. The molecule has 6 heteroatoms. The summed E-state index contributed by atoms with van der Waals surface area (Å²) >= 11 is 5.85. The van der Waals surface area contributed by atoms with Gasteiger partial charge in [-0.05, 0) is 24.6 Å². The summed E-state index contributed by atoms with van der Waals surface area (Å²) in [6.07, 6.45) is 0.743. The highest BCUT2D eigenvalue weighted by atomic mass is 35.5. The summed E-state index contributed by atoms with van der Waals surface area (Å²) in [6.45, 7) is 2.40. The van der Waals surface area contributed by atoms with Crippen LogP contribution in [0.1, 0.15) is 24.9 Å². The van der Waals surface area contributed by atoms with E-state index < -0.39 is 17.9 Å². The molecule has 0 spiro atoms. The van der Waals surface area contributed by atoms with Crippen LogP contribution in [0.2, 0.25) is 5.02 Å². The van der Waals surface area contributed by atoms with Crippen molar-refractivity contribution in [3.63, 3.8) is 0 Å². The molecule has 0 saturated heterocycles.